The van der Waals surface area contributed by atoms with Gasteiger partial charge in [-0.2, -0.15) is 0 Å². The van der Waals surface area contributed by atoms with Crippen molar-refractivity contribution in [2.75, 3.05) is 0 Å². The average Bonchev–Trinajstić information content (AvgIpc) is 2.90. The van der Waals surface area contributed by atoms with Crippen molar-refractivity contribution < 1.29 is 4.57 Å². The zero-order chi connectivity index (χ0) is 14.2. The van der Waals surface area contributed by atoms with Crippen LogP contribution in [-0.4, -0.2) is 4.57 Å². The first-order valence-corrected chi connectivity index (χ1v) is 8.82. The average molecular weight is 277 g/mol. The maximum atomic E-state index is 2.47. The van der Waals surface area contributed by atoms with Crippen LogP contribution in [0.25, 0.3) is 0 Å². The summed E-state index contributed by atoms with van der Waals surface area (Å²) in [5.41, 5.74) is 0. The molecule has 0 radical (unpaired) electrons. The topological polar surface area (TPSA) is 8.81 Å². The third-order valence-electron chi connectivity index (χ3n) is 4.93. The Morgan fingerprint density at radius 2 is 1.95 bits per heavy atom. The van der Waals surface area contributed by atoms with Crippen molar-refractivity contribution in [1.82, 2.24) is 4.57 Å². The van der Waals surface area contributed by atoms with E-state index in [1.54, 1.807) is 0 Å². The van der Waals surface area contributed by atoms with E-state index in [9.17, 15) is 0 Å². The van der Waals surface area contributed by atoms with Gasteiger partial charge in [-0.25, -0.2) is 9.13 Å². The summed E-state index contributed by atoms with van der Waals surface area (Å²) in [6.45, 7) is 2.30. The molecular formula is C18H33N2+. The Labute approximate surface area is 125 Å². The zero-order valence-electron chi connectivity index (χ0n) is 13.6. The van der Waals surface area contributed by atoms with Gasteiger partial charge in [0.2, 0.25) is 6.33 Å². The Kier molecular flexibility index (Phi) is 6.62. The van der Waals surface area contributed by atoms with Crippen LogP contribution in [0.2, 0.25) is 0 Å². The van der Waals surface area contributed by atoms with Gasteiger partial charge in [0.15, 0.2) is 0 Å². The van der Waals surface area contributed by atoms with Gasteiger partial charge in [0.25, 0.3) is 0 Å². The molecule has 0 aliphatic heterocycles. The van der Waals surface area contributed by atoms with E-state index >= 15 is 0 Å². The van der Waals surface area contributed by atoms with Crippen LogP contribution < -0.4 is 4.57 Å². The van der Waals surface area contributed by atoms with Crippen molar-refractivity contribution in [2.24, 2.45) is 13.0 Å². The van der Waals surface area contributed by atoms with Gasteiger partial charge in [-0.1, -0.05) is 58.3 Å². The zero-order valence-corrected chi connectivity index (χ0v) is 13.6. The molecule has 1 aromatic heterocycles. The molecule has 1 unspecified atom stereocenters. The molecule has 2 heteroatoms. The highest BCUT2D eigenvalue weighted by Crippen LogP contribution is 2.32. The smallest absolute Gasteiger partial charge is 0.240 e. The number of hydrogen-bond acceptors (Lipinski definition) is 0. The van der Waals surface area contributed by atoms with Crippen molar-refractivity contribution in [1.29, 1.82) is 0 Å². The van der Waals surface area contributed by atoms with Crippen molar-refractivity contribution in [3.63, 3.8) is 0 Å². The summed E-state index contributed by atoms with van der Waals surface area (Å²) < 4.78 is 4.65. The van der Waals surface area contributed by atoms with Gasteiger partial charge in [0, 0.05) is 0 Å². The fourth-order valence-electron chi connectivity index (χ4n) is 3.69. The van der Waals surface area contributed by atoms with E-state index in [1.165, 1.54) is 70.6 Å². The normalized spacial score (nSPS) is 18.3. The molecule has 1 heterocycles. The first kappa shape index (κ1) is 15.6. The minimum absolute atomic E-state index is 0.733. The monoisotopic (exact) mass is 277 g/mol. The molecule has 0 amide bonds. The molecule has 1 atom stereocenters. The Hall–Kier alpha value is -0.790. The Balaban J connectivity index is 1.88. The Bertz CT molecular complexity index is 363. The molecule has 114 valence electrons. The standard InChI is InChI=1S/C18H33N2/c1-3-4-5-9-12-18(20-14-13-19(2)16-20)15-17-10-7-6-8-11-17/h13-14,16-18H,3-12,15H2,1-2H3/q+1. The highest BCUT2D eigenvalue weighted by atomic mass is 15.1. The van der Waals surface area contributed by atoms with Crippen LogP contribution in [0.1, 0.15) is 83.6 Å². The number of aryl methyl sites for hydroxylation is 1. The van der Waals surface area contributed by atoms with Crippen LogP contribution >= 0.6 is 0 Å². The molecule has 0 aromatic carbocycles. The van der Waals surface area contributed by atoms with E-state index in [0.29, 0.717) is 0 Å². The van der Waals surface area contributed by atoms with Crippen LogP contribution in [0.5, 0.6) is 0 Å². The Morgan fingerprint density at radius 1 is 1.15 bits per heavy atom. The lowest BCUT2D eigenvalue weighted by Crippen LogP contribution is -2.25. The number of imidazole rings is 1. The molecule has 0 bridgehead atoms. The van der Waals surface area contributed by atoms with Crippen molar-refractivity contribution >= 4 is 0 Å². The van der Waals surface area contributed by atoms with E-state index in [-0.39, 0.29) is 0 Å². The van der Waals surface area contributed by atoms with Gasteiger partial charge in [-0.3, -0.25) is 0 Å². The van der Waals surface area contributed by atoms with Gasteiger partial charge in [-0.05, 0) is 25.2 Å². The van der Waals surface area contributed by atoms with Crippen LogP contribution in [0.15, 0.2) is 18.7 Å². The summed E-state index contributed by atoms with van der Waals surface area (Å²) in [4.78, 5) is 0. The van der Waals surface area contributed by atoms with Crippen LogP contribution in [-0.2, 0) is 7.05 Å². The molecule has 1 aromatic rings. The minimum atomic E-state index is 0.733. The Morgan fingerprint density at radius 3 is 2.60 bits per heavy atom. The summed E-state index contributed by atoms with van der Waals surface area (Å²) in [6, 6.07) is 0.733. The molecule has 20 heavy (non-hydrogen) atoms. The molecule has 0 N–H and O–H groups in total. The van der Waals surface area contributed by atoms with Gasteiger partial charge in [0.05, 0.1) is 7.05 Å². The van der Waals surface area contributed by atoms with E-state index in [1.807, 2.05) is 0 Å². The summed E-state index contributed by atoms with van der Waals surface area (Å²) in [5, 5.41) is 0. The second-order valence-corrected chi connectivity index (χ2v) is 6.77. The number of nitrogens with zero attached hydrogens (tertiary/aromatic N) is 2. The summed E-state index contributed by atoms with van der Waals surface area (Å²) in [7, 11) is 2.13. The fraction of sp³-hybridized carbons (Fsp3) is 0.833. The number of rotatable bonds is 8. The predicted octanol–water partition coefficient (Wildman–Crippen LogP) is 4.79. The summed E-state index contributed by atoms with van der Waals surface area (Å²) in [6.07, 6.45) is 22.4. The highest BCUT2D eigenvalue weighted by molar-refractivity contribution is 4.79. The highest BCUT2D eigenvalue weighted by Gasteiger charge is 2.22. The van der Waals surface area contributed by atoms with Gasteiger partial charge in [0.1, 0.15) is 18.4 Å². The molecule has 1 aliphatic carbocycles. The molecule has 2 rings (SSSR count). The van der Waals surface area contributed by atoms with Gasteiger partial charge < -0.3 is 0 Å². The van der Waals surface area contributed by atoms with Crippen LogP contribution in [0, 0.1) is 5.92 Å². The minimum Gasteiger partial charge on any atom is -0.240 e. The number of unbranched alkanes of at least 4 members (excludes halogenated alkanes) is 3. The quantitative estimate of drug-likeness (QED) is 0.477. The lowest BCUT2D eigenvalue weighted by molar-refractivity contribution is -0.671. The summed E-state index contributed by atoms with van der Waals surface area (Å²) >= 11 is 0. The predicted molar refractivity (Wildman–Crippen MR) is 84.6 cm³/mol. The molecule has 0 spiro atoms. The molecular weight excluding hydrogens is 244 g/mol. The maximum absolute atomic E-state index is 2.47. The van der Waals surface area contributed by atoms with E-state index in [2.05, 4.69) is 41.8 Å². The largest absolute Gasteiger partial charge is 0.243 e. The SMILES string of the molecule is CCCCCCC(CC1CCCCC1)n1cc[n+](C)c1. The van der Waals surface area contributed by atoms with Crippen molar-refractivity contribution in [3.05, 3.63) is 18.7 Å². The van der Waals surface area contributed by atoms with Crippen LogP contribution in [0.3, 0.4) is 0 Å². The van der Waals surface area contributed by atoms with Gasteiger partial charge >= 0.3 is 0 Å². The summed E-state index contributed by atoms with van der Waals surface area (Å²) in [5.74, 6) is 0.979. The van der Waals surface area contributed by atoms with Crippen molar-refractivity contribution in [3.8, 4) is 0 Å². The molecule has 1 fully saturated rings. The third-order valence-corrected chi connectivity index (χ3v) is 4.93. The molecule has 1 saturated carbocycles. The second kappa shape index (κ2) is 8.49. The lowest BCUT2D eigenvalue weighted by atomic mass is 9.83. The third kappa shape index (κ3) is 4.96. The van der Waals surface area contributed by atoms with Crippen LogP contribution in [0.4, 0.5) is 0 Å². The lowest BCUT2D eigenvalue weighted by Gasteiger charge is -2.25. The van der Waals surface area contributed by atoms with E-state index in [4.69, 9.17) is 0 Å². The van der Waals surface area contributed by atoms with E-state index < -0.39 is 0 Å². The first-order chi connectivity index (χ1) is 9.79. The number of hydrogen-bond donors (Lipinski definition) is 0. The van der Waals surface area contributed by atoms with Gasteiger partial charge in [-0.15, -0.1) is 0 Å². The number of aromatic nitrogens is 2. The molecule has 2 nitrogen and oxygen atoms in total. The van der Waals surface area contributed by atoms with Crippen molar-refractivity contribution in [2.45, 2.75) is 83.6 Å². The van der Waals surface area contributed by atoms with E-state index in [0.717, 1.165) is 12.0 Å². The second-order valence-electron chi connectivity index (χ2n) is 6.77. The fourth-order valence-corrected chi connectivity index (χ4v) is 3.69. The maximum Gasteiger partial charge on any atom is 0.243 e. The molecule has 1 aliphatic rings. The first-order valence-electron chi connectivity index (χ1n) is 8.82. The molecule has 0 saturated heterocycles.